The third-order valence-electron chi connectivity index (χ3n) is 3.16. The molecule has 2 aromatic rings. The highest BCUT2D eigenvalue weighted by Gasteiger charge is 2.21. The maximum Gasteiger partial charge on any atom is 0.245 e. The van der Waals surface area contributed by atoms with Gasteiger partial charge in [0.15, 0.2) is 0 Å². The average Bonchev–Trinajstić information content (AvgIpc) is 2.45. The van der Waals surface area contributed by atoms with Gasteiger partial charge in [-0.3, -0.25) is 9.10 Å². The molecular weight excluding hydrogens is 371 g/mol. The van der Waals surface area contributed by atoms with Crippen LogP contribution in [0.1, 0.15) is 5.56 Å². The van der Waals surface area contributed by atoms with Gasteiger partial charge in [-0.15, -0.1) is 0 Å². The lowest BCUT2D eigenvalue weighted by Crippen LogP contribution is -2.37. The molecule has 5 nitrogen and oxygen atoms in total. The van der Waals surface area contributed by atoms with Gasteiger partial charge < -0.3 is 5.32 Å². The minimum Gasteiger partial charge on any atom is -0.325 e. The molecule has 2 aromatic carbocycles. The van der Waals surface area contributed by atoms with Crippen LogP contribution < -0.4 is 9.62 Å². The number of rotatable bonds is 5. The van der Waals surface area contributed by atoms with E-state index in [1.54, 1.807) is 12.1 Å². The Morgan fingerprint density at radius 2 is 1.62 bits per heavy atom. The van der Waals surface area contributed by atoms with Gasteiger partial charge in [0, 0.05) is 15.7 Å². The molecule has 0 aliphatic rings. The minimum atomic E-state index is -3.69. The summed E-state index contributed by atoms with van der Waals surface area (Å²) in [5.74, 6) is -0.472. The van der Waals surface area contributed by atoms with E-state index >= 15 is 0 Å². The Bertz CT molecular complexity index is 832. The molecule has 0 aliphatic carbocycles. The van der Waals surface area contributed by atoms with E-state index in [2.05, 4.69) is 5.32 Å². The number of sulfonamides is 1. The van der Waals surface area contributed by atoms with Gasteiger partial charge in [-0.05, 0) is 37.3 Å². The molecule has 0 radical (unpaired) electrons. The highest BCUT2D eigenvalue weighted by molar-refractivity contribution is 7.92. The van der Waals surface area contributed by atoms with E-state index < -0.39 is 15.9 Å². The van der Waals surface area contributed by atoms with Crippen molar-refractivity contribution < 1.29 is 13.2 Å². The number of halogens is 2. The van der Waals surface area contributed by atoms with Gasteiger partial charge in [0.25, 0.3) is 0 Å². The van der Waals surface area contributed by atoms with E-state index in [0.717, 1.165) is 16.1 Å². The number of aryl methyl sites for hydroxylation is 1. The molecule has 0 spiro atoms. The number of nitrogens with one attached hydrogen (secondary N) is 1. The van der Waals surface area contributed by atoms with Gasteiger partial charge in [0.2, 0.25) is 15.9 Å². The third kappa shape index (κ3) is 5.12. The standard InChI is InChI=1S/C16H16Cl2N2O3S/c1-11-3-5-14(6-4-11)19-16(21)10-20(24(2,22)23)15-8-12(17)7-13(18)9-15/h3-9H,10H2,1-2H3,(H,19,21). The lowest BCUT2D eigenvalue weighted by atomic mass is 10.2. The quantitative estimate of drug-likeness (QED) is 0.851. The van der Waals surface area contributed by atoms with Crippen LogP contribution in [-0.4, -0.2) is 27.1 Å². The summed E-state index contributed by atoms with van der Waals surface area (Å²) in [5, 5.41) is 3.22. The number of nitrogens with zero attached hydrogens (tertiary/aromatic N) is 1. The van der Waals surface area contributed by atoms with Crippen LogP contribution in [0.4, 0.5) is 11.4 Å². The lowest BCUT2D eigenvalue weighted by molar-refractivity contribution is -0.114. The van der Waals surface area contributed by atoms with Crippen molar-refractivity contribution in [2.24, 2.45) is 0 Å². The Morgan fingerprint density at radius 3 is 2.12 bits per heavy atom. The average molecular weight is 387 g/mol. The zero-order valence-electron chi connectivity index (χ0n) is 13.1. The Kier molecular flexibility index (Phi) is 5.74. The molecule has 0 unspecified atom stereocenters. The zero-order valence-corrected chi connectivity index (χ0v) is 15.4. The van der Waals surface area contributed by atoms with Crippen LogP contribution in [0.25, 0.3) is 0 Å². The molecule has 0 aliphatic heterocycles. The number of carbonyl (C=O) groups excluding carboxylic acids is 1. The van der Waals surface area contributed by atoms with E-state index in [1.165, 1.54) is 18.2 Å². The molecular formula is C16H16Cl2N2O3S. The Balaban J connectivity index is 2.23. The van der Waals surface area contributed by atoms with E-state index in [4.69, 9.17) is 23.2 Å². The minimum absolute atomic E-state index is 0.231. The Hall–Kier alpha value is -1.76. The van der Waals surface area contributed by atoms with Crippen LogP contribution in [0, 0.1) is 6.92 Å². The topological polar surface area (TPSA) is 66.5 Å². The van der Waals surface area contributed by atoms with Crippen molar-refractivity contribution >= 4 is 50.5 Å². The molecule has 0 saturated carbocycles. The van der Waals surface area contributed by atoms with Gasteiger partial charge in [0.05, 0.1) is 11.9 Å². The van der Waals surface area contributed by atoms with Crippen LogP contribution in [0.3, 0.4) is 0 Å². The second-order valence-electron chi connectivity index (χ2n) is 5.31. The van der Waals surface area contributed by atoms with Crippen molar-refractivity contribution in [1.82, 2.24) is 0 Å². The highest BCUT2D eigenvalue weighted by Crippen LogP contribution is 2.27. The van der Waals surface area contributed by atoms with Crippen molar-refractivity contribution in [3.05, 3.63) is 58.1 Å². The first-order chi connectivity index (χ1) is 11.1. The number of carbonyl (C=O) groups is 1. The number of anilines is 2. The maximum atomic E-state index is 12.2. The molecule has 0 bridgehead atoms. The SMILES string of the molecule is Cc1ccc(NC(=O)CN(c2cc(Cl)cc(Cl)c2)S(C)(=O)=O)cc1. The molecule has 0 aromatic heterocycles. The van der Waals surface area contributed by atoms with Crippen molar-refractivity contribution in [1.29, 1.82) is 0 Å². The zero-order chi connectivity index (χ0) is 17.9. The summed E-state index contributed by atoms with van der Waals surface area (Å²) in [4.78, 5) is 12.2. The van der Waals surface area contributed by atoms with Crippen LogP contribution in [0.2, 0.25) is 10.0 Å². The fourth-order valence-corrected chi connectivity index (χ4v) is 3.41. The second kappa shape index (κ2) is 7.42. The summed E-state index contributed by atoms with van der Waals surface area (Å²) in [6, 6.07) is 11.5. The number of hydrogen-bond donors (Lipinski definition) is 1. The summed E-state index contributed by atoms with van der Waals surface area (Å²) >= 11 is 11.8. The summed E-state index contributed by atoms with van der Waals surface area (Å²) in [7, 11) is -3.69. The van der Waals surface area contributed by atoms with Crippen LogP contribution >= 0.6 is 23.2 Å². The number of benzene rings is 2. The Morgan fingerprint density at radius 1 is 1.08 bits per heavy atom. The van der Waals surface area contributed by atoms with Gasteiger partial charge in [-0.25, -0.2) is 8.42 Å². The highest BCUT2D eigenvalue weighted by atomic mass is 35.5. The molecule has 24 heavy (non-hydrogen) atoms. The Labute approximate surface area is 151 Å². The van der Waals surface area contributed by atoms with Crippen LogP contribution in [0.15, 0.2) is 42.5 Å². The van der Waals surface area contributed by atoms with Gasteiger partial charge >= 0.3 is 0 Å². The fourth-order valence-electron chi connectivity index (χ4n) is 2.05. The van der Waals surface area contributed by atoms with Crippen molar-refractivity contribution in [2.75, 3.05) is 22.4 Å². The van der Waals surface area contributed by atoms with Gasteiger partial charge in [-0.2, -0.15) is 0 Å². The van der Waals surface area contributed by atoms with Gasteiger partial charge in [0.1, 0.15) is 6.54 Å². The first-order valence-electron chi connectivity index (χ1n) is 6.95. The smallest absolute Gasteiger partial charge is 0.245 e. The molecule has 0 saturated heterocycles. The molecule has 1 amide bonds. The predicted octanol–water partition coefficient (Wildman–Crippen LogP) is 3.71. The molecule has 2 rings (SSSR count). The maximum absolute atomic E-state index is 12.2. The predicted molar refractivity (Wildman–Crippen MR) is 98.5 cm³/mol. The number of hydrogen-bond acceptors (Lipinski definition) is 3. The summed E-state index contributed by atoms with van der Waals surface area (Å²) in [6.07, 6.45) is 1.01. The third-order valence-corrected chi connectivity index (χ3v) is 4.74. The molecule has 0 heterocycles. The summed E-state index contributed by atoms with van der Waals surface area (Å²) in [5.41, 5.74) is 1.87. The number of amides is 1. The molecule has 0 atom stereocenters. The van der Waals surface area contributed by atoms with E-state index in [1.807, 2.05) is 19.1 Å². The van der Waals surface area contributed by atoms with Crippen LogP contribution in [0.5, 0.6) is 0 Å². The van der Waals surface area contributed by atoms with E-state index in [9.17, 15) is 13.2 Å². The van der Waals surface area contributed by atoms with Crippen LogP contribution in [-0.2, 0) is 14.8 Å². The first-order valence-corrected chi connectivity index (χ1v) is 9.56. The van der Waals surface area contributed by atoms with E-state index in [-0.39, 0.29) is 22.3 Å². The van der Waals surface area contributed by atoms with Gasteiger partial charge in [-0.1, -0.05) is 40.9 Å². The molecule has 8 heteroatoms. The second-order valence-corrected chi connectivity index (χ2v) is 8.09. The molecule has 1 N–H and O–H groups in total. The lowest BCUT2D eigenvalue weighted by Gasteiger charge is -2.22. The fraction of sp³-hybridized carbons (Fsp3) is 0.188. The normalized spacial score (nSPS) is 11.2. The largest absolute Gasteiger partial charge is 0.325 e. The van der Waals surface area contributed by atoms with Crippen molar-refractivity contribution in [3.8, 4) is 0 Å². The molecule has 0 fully saturated rings. The summed E-state index contributed by atoms with van der Waals surface area (Å²) < 4.78 is 25.0. The van der Waals surface area contributed by atoms with Crippen molar-refractivity contribution in [3.63, 3.8) is 0 Å². The van der Waals surface area contributed by atoms with E-state index in [0.29, 0.717) is 5.69 Å². The first kappa shape index (κ1) is 18.6. The monoisotopic (exact) mass is 386 g/mol. The summed E-state index contributed by atoms with van der Waals surface area (Å²) in [6.45, 7) is 1.54. The molecule has 128 valence electrons. The van der Waals surface area contributed by atoms with Crippen molar-refractivity contribution in [2.45, 2.75) is 6.92 Å².